The SMILES string of the molecule is CCCCNC(=O)CNC(=O)Nc1ccccc1. The molecule has 0 saturated heterocycles. The molecule has 1 rings (SSSR count). The highest BCUT2D eigenvalue weighted by Crippen LogP contribution is 2.03. The highest BCUT2D eigenvalue weighted by atomic mass is 16.2. The van der Waals surface area contributed by atoms with Gasteiger partial charge in [0.25, 0.3) is 0 Å². The summed E-state index contributed by atoms with van der Waals surface area (Å²) >= 11 is 0. The molecule has 5 heteroatoms. The van der Waals surface area contributed by atoms with Crippen molar-refractivity contribution in [2.24, 2.45) is 0 Å². The fraction of sp³-hybridized carbons (Fsp3) is 0.385. The molecule has 0 unspecified atom stereocenters. The van der Waals surface area contributed by atoms with Crippen LogP contribution in [0.25, 0.3) is 0 Å². The maximum absolute atomic E-state index is 11.4. The molecule has 0 spiro atoms. The van der Waals surface area contributed by atoms with Crippen molar-refractivity contribution < 1.29 is 9.59 Å². The zero-order valence-corrected chi connectivity index (χ0v) is 10.5. The molecule has 0 saturated carbocycles. The quantitative estimate of drug-likeness (QED) is 0.672. The van der Waals surface area contributed by atoms with E-state index in [1.165, 1.54) is 0 Å². The van der Waals surface area contributed by atoms with Gasteiger partial charge in [-0.3, -0.25) is 4.79 Å². The molecule has 0 heterocycles. The predicted molar refractivity (Wildman–Crippen MR) is 71.4 cm³/mol. The summed E-state index contributed by atoms with van der Waals surface area (Å²) in [6, 6.07) is 8.69. The summed E-state index contributed by atoms with van der Waals surface area (Å²) in [6.07, 6.45) is 1.98. The number of hydrogen-bond donors (Lipinski definition) is 3. The van der Waals surface area contributed by atoms with Gasteiger partial charge in [-0.05, 0) is 18.6 Å². The summed E-state index contributed by atoms with van der Waals surface area (Å²) in [5.74, 6) is -0.174. The maximum Gasteiger partial charge on any atom is 0.319 e. The number of urea groups is 1. The van der Waals surface area contributed by atoms with Gasteiger partial charge in [-0.2, -0.15) is 0 Å². The Bertz CT molecular complexity index is 379. The van der Waals surface area contributed by atoms with Gasteiger partial charge in [0.15, 0.2) is 0 Å². The number of hydrogen-bond acceptors (Lipinski definition) is 2. The highest BCUT2D eigenvalue weighted by Gasteiger charge is 2.04. The number of nitrogens with one attached hydrogen (secondary N) is 3. The number of anilines is 1. The third kappa shape index (κ3) is 5.89. The van der Waals surface area contributed by atoms with Crippen molar-refractivity contribution in [2.75, 3.05) is 18.4 Å². The van der Waals surface area contributed by atoms with Crippen LogP contribution in [-0.4, -0.2) is 25.0 Å². The first-order chi connectivity index (χ1) is 8.72. The zero-order valence-electron chi connectivity index (χ0n) is 10.5. The average Bonchev–Trinajstić information content (AvgIpc) is 2.38. The summed E-state index contributed by atoms with van der Waals surface area (Å²) in [5.41, 5.74) is 0.696. The average molecular weight is 249 g/mol. The van der Waals surface area contributed by atoms with Gasteiger partial charge in [0, 0.05) is 12.2 Å². The fourth-order valence-electron chi connectivity index (χ4n) is 1.32. The summed E-state index contributed by atoms with van der Waals surface area (Å²) < 4.78 is 0. The van der Waals surface area contributed by atoms with Crippen molar-refractivity contribution in [3.8, 4) is 0 Å². The first-order valence-corrected chi connectivity index (χ1v) is 6.09. The summed E-state index contributed by atoms with van der Waals surface area (Å²) in [5, 5.41) is 7.85. The molecule has 0 aliphatic heterocycles. The summed E-state index contributed by atoms with van der Waals surface area (Å²) in [4.78, 5) is 22.8. The van der Waals surface area contributed by atoms with Crippen LogP contribution in [0, 0.1) is 0 Å². The maximum atomic E-state index is 11.4. The van der Waals surface area contributed by atoms with Gasteiger partial charge in [0.1, 0.15) is 0 Å². The lowest BCUT2D eigenvalue weighted by atomic mass is 10.3. The largest absolute Gasteiger partial charge is 0.355 e. The third-order valence-electron chi connectivity index (χ3n) is 2.29. The Labute approximate surface area is 107 Å². The molecule has 0 aliphatic carbocycles. The van der Waals surface area contributed by atoms with Crippen LogP contribution in [0.3, 0.4) is 0 Å². The Morgan fingerprint density at radius 1 is 1.11 bits per heavy atom. The van der Waals surface area contributed by atoms with Crippen molar-refractivity contribution in [1.29, 1.82) is 0 Å². The van der Waals surface area contributed by atoms with Crippen LogP contribution >= 0.6 is 0 Å². The molecule has 3 amide bonds. The van der Waals surface area contributed by atoms with Crippen molar-refractivity contribution in [2.45, 2.75) is 19.8 Å². The number of para-hydroxylation sites is 1. The number of carbonyl (C=O) groups is 2. The van der Waals surface area contributed by atoms with E-state index in [0.29, 0.717) is 12.2 Å². The Morgan fingerprint density at radius 3 is 2.50 bits per heavy atom. The molecule has 1 aromatic rings. The van der Waals surface area contributed by atoms with E-state index in [1.54, 1.807) is 12.1 Å². The molecule has 0 aliphatic rings. The van der Waals surface area contributed by atoms with E-state index in [0.717, 1.165) is 12.8 Å². The molecule has 18 heavy (non-hydrogen) atoms. The number of carbonyl (C=O) groups excluding carboxylic acids is 2. The van der Waals surface area contributed by atoms with Crippen molar-refractivity contribution in [1.82, 2.24) is 10.6 Å². The summed E-state index contributed by atoms with van der Waals surface area (Å²) in [7, 11) is 0. The van der Waals surface area contributed by atoms with Gasteiger partial charge < -0.3 is 16.0 Å². The normalized spacial score (nSPS) is 9.61. The van der Waals surface area contributed by atoms with Crippen LogP contribution < -0.4 is 16.0 Å². The van der Waals surface area contributed by atoms with Crippen LogP contribution in [0.4, 0.5) is 10.5 Å². The minimum Gasteiger partial charge on any atom is -0.355 e. The molecule has 0 radical (unpaired) electrons. The highest BCUT2D eigenvalue weighted by molar-refractivity contribution is 5.92. The Balaban J connectivity index is 2.19. The first kappa shape index (κ1) is 14.0. The molecule has 0 bridgehead atoms. The molecule has 5 nitrogen and oxygen atoms in total. The first-order valence-electron chi connectivity index (χ1n) is 6.09. The number of amides is 3. The van der Waals surface area contributed by atoms with E-state index in [-0.39, 0.29) is 18.5 Å². The van der Waals surface area contributed by atoms with Crippen LogP contribution in [0.15, 0.2) is 30.3 Å². The topological polar surface area (TPSA) is 70.2 Å². The van der Waals surface area contributed by atoms with Gasteiger partial charge in [-0.15, -0.1) is 0 Å². The number of unbranched alkanes of at least 4 members (excludes halogenated alkanes) is 1. The number of benzene rings is 1. The molecule has 0 aromatic heterocycles. The molecule has 1 aromatic carbocycles. The van der Waals surface area contributed by atoms with Gasteiger partial charge in [0.05, 0.1) is 6.54 Å². The van der Waals surface area contributed by atoms with Crippen LogP contribution in [0.1, 0.15) is 19.8 Å². The molecule has 0 atom stereocenters. The molecule has 0 fully saturated rings. The molecule has 98 valence electrons. The van der Waals surface area contributed by atoms with Gasteiger partial charge >= 0.3 is 6.03 Å². The molecule has 3 N–H and O–H groups in total. The van der Waals surface area contributed by atoms with Crippen molar-refractivity contribution in [3.05, 3.63) is 30.3 Å². The van der Waals surface area contributed by atoms with Gasteiger partial charge in [-0.25, -0.2) is 4.79 Å². The van der Waals surface area contributed by atoms with Crippen molar-refractivity contribution in [3.63, 3.8) is 0 Å². The second-order valence-corrected chi connectivity index (χ2v) is 3.88. The van der Waals surface area contributed by atoms with E-state index in [4.69, 9.17) is 0 Å². The lowest BCUT2D eigenvalue weighted by Crippen LogP contribution is -2.39. The van der Waals surface area contributed by atoms with E-state index in [1.807, 2.05) is 18.2 Å². The van der Waals surface area contributed by atoms with Crippen molar-refractivity contribution >= 4 is 17.6 Å². The Kier molecular flexibility index (Phi) is 6.32. The van der Waals surface area contributed by atoms with Gasteiger partial charge in [0.2, 0.25) is 5.91 Å². The van der Waals surface area contributed by atoms with Gasteiger partial charge in [-0.1, -0.05) is 31.5 Å². The van der Waals surface area contributed by atoms with E-state index in [9.17, 15) is 9.59 Å². The second-order valence-electron chi connectivity index (χ2n) is 3.88. The molecular weight excluding hydrogens is 230 g/mol. The minimum atomic E-state index is -0.383. The van der Waals surface area contributed by atoms with E-state index >= 15 is 0 Å². The lowest BCUT2D eigenvalue weighted by molar-refractivity contribution is -0.120. The second kappa shape index (κ2) is 8.11. The predicted octanol–water partition coefficient (Wildman–Crippen LogP) is 1.72. The standard InChI is InChI=1S/C13H19N3O2/c1-2-3-9-14-12(17)10-15-13(18)16-11-7-5-4-6-8-11/h4-8H,2-3,9-10H2,1H3,(H,14,17)(H2,15,16,18). The summed E-state index contributed by atoms with van der Waals surface area (Å²) in [6.45, 7) is 2.69. The Hall–Kier alpha value is -2.04. The number of rotatable bonds is 6. The Morgan fingerprint density at radius 2 is 1.83 bits per heavy atom. The smallest absolute Gasteiger partial charge is 0.319 e. The van der Waals surface area contributed by atoms with E-state index in [2.05, 4.69) is 22.9 Å². The van der Waals surface area contributed by atoms with E-state index < -0.39 is 0 Å². The monoisotopic (exact) mass is 249 g/mol. The van der Waals surface area contributed by atoms with Crippen LogP contribution in [-0.2, 0) is 4.79 Å². The van der Waals surface area contributed by atoms with Crippen LogP contribution in [0.5, 0.6) is 0 Å². The fourth-order valence-corrected chi connectivity index (χ4v) is 1.32. The minimum absolute atomic E-state index is 0.0115. The molecular formula is C13H19N3O2. The third-order valence-corrected chi connectivity index (χ3v) is 2.29. The zero-order chi connectivity index (χ0) is 13.2. The van der Waals surface area contributed by atoms with Crippen LogP contribution in [0.2, 0.25) is 0 Å². The lowest BCUT2D eigenvalue weighted by Gasteiger charge is -2.07.